The van der Waals surface area contributed by atoms with Crippen molar-refractivity contribution in [1.29, 1.82) is 0 Å². The molecule has 0 atom stereocenters. The number of hydrogen-bond acceptors (Lipinski definition) is 3. The number of benzene rings is 2. The quantitative estimate of drug-likeness (QED) is 0.806. The van der Waals surface area contributed by atoms with Gasteiger partial charge in [-0.3, -0.25) is 9.80 Å². The van der Waals surface area contributed by atoms with Crippen molar-refractivity contribution in [1.82, 2.24) is 9.80 Å². The summed E-state index contributed by atoms with van der Waals surface area (Å²) in [6, 6.07) is 20.9. The zero-order valence-electron chi connectivity index (χ0n) is 14.8. The molecule has 128 valence electrons. The van der Waals surface area contributed by atoms with Crippen LogP contribution in [0.2, 0.25) is 0 Å². The van der Waals surface area contributed by atoms with Crippen LogP contribution in [-0.4, -0.2) is 48.1 Å². The van der Waals surface area contributed by atoms with Gasteiger partial charge in [-0.25, -0.2) is 0 Å². The molecule has 0 N–H and O–H groups in total. The Balaban J connectivity index is 1.46. The van der Waals surface area contributed by atoms with Crippen LogP contribution < -0.4 is 4.74 Å². The van der Waals surface area contributed by atoms with E-state index < -0.39 is 0 Å². The van der Waals surface area contributed by atoms with Crippen molar-refractivity contribution in [2.24, 2.45) is 0 Å². The second kappa shape index (κ2) is 7.82. The number of rotatable bonds is 6. The van der Waals surface area contributed by atoms with Gasteiger partial charge in [-0.2, -0.15) is 0 Å². The van der Waals surface area contributed by atoms with E-state index in [9.17, 15) is 0 Å². The molecule has 1 fully saturated rings. The van der Waals surface area contributed by atoms with E-state index in [1.165, 1.54) is 5.56 Å². The zero-order valence-corrected chi connectivity index (χ0v) is 14.8. The minimum Gasteiger partial charge on any atom is -0.487 e. The fourth-order valence-corrected chi connectivity index (χ4v) is 3.33. The Morgan fingerprint density at radius 3 is 1.96 bits per heavy atom. The number of nitrogens with zero attached hydrogens (tertiary/aromatic N) is 2. The molecule has 3 nitrogen and oxygen atoms in total. The van der Waals surface area contributed by atoms with Gasteiger partial charge < -0.3 is 4.74 Å². The molecule has 0 bridgehead atoms. The van der Waals surface area contributed by atoms with Crippen LogP contribution in [0.4, 0.5) is 0 Å². The smallest absolute Gasteiger partial charge is 0.120 e. The van der Waals surface area contributed by atoms with Crippen molar-refractivity contribution in [2.45, 2.75) is 26.0 Å². The van der Waals surface area contributed by atoms with E-state index in [4.69, 9.17) is 4.74 Å². The molecule has 1 saturated heterocycles. The molecule has 0 aliphatic carbocycles. The number of hydrogen-bond donors (Lipinski definition) is 0. The van der Waals surface area contributed by atoms with Gasteiger partial charge >= 0.3 is 0 Å². The van der Waals surface area contributed by atoms with Crippen molar-refractivity contribution >= 4 is 0 Å². The summed E-state index contributed by atoms with van der Waals surface area (Å²) in [6.45, 7) is 10.8. The monoisotopic (exact) mass is 324 g/mol. The lowest BCUT2D eigenvalue weighted by Crippen LogP contribution is -2.51. The van der Waals surface area contributed by atoms with Crippen molar-refractivity contribution in [3.8, 4) is 5.75 Å². The van der Waals surface area contributed by atoms with Gasteiger partial charge in [0.15, 0.2) is 0 Å². The molecule has 2 aromatic rings. The topological polar surface area (TPSA) is 15.7 Å². The first-order valence-electron chi connectivity index (χ1n) is 8.83. The van der Waals surface area contributed by atoms with Crippen molar-refractivity contribution < 1.29 is 4.74 Å². The summed E-state index contributed by atoms with van der Waals surface area (Å²) in [5.41, 5.74) is 1.22. The van der Waals surface area contributed by atoms with E-state index in [-0.39, 0.29) is 5.60 Å². The molecule has 1 heterocycles. The summed E-state index contributed by atoms with van der Waals surface area (Å²) in [5.74, 6) is 0.949. The molecule has 1 aliphatic heterocycles. The molecule has 3 rings (SSSR count). The highest BCUT2D eigenvalue weighted by atomic mass is 16.5. The molecule has 0 spiro atoms. The highest BCUT2D eigenvalue weighted by Gasteiger charge is 2.26. The standard InChI is InChI=1S/C21H28N2O/c1-21(2,24-20-11-7-4-8-12-20)18-23-15-13-22(14-16-23)17-19-9-5-3-6-10-19/h3-12H,13-18H2,1-2H3. The third-order valence-corrected chi connectivity index (χ3v) is 4.46. The van der Waals surface area contributed by atoms with E-state index >= 15 is 0 Å². The van der Waals surface area contributed by atoms with Crippen molar-refractivity contribution in [3.05, 3.63) is 66.2 Å². The van der Waals surface area contributed by atoms with Crippen LogP contribution in [-0.2, 0) is 6.54 Å². The van der Waals surface area contributed by atoms with Gasteiger partial charge in [-0.05, 0) is 31.5 Å². The third-order valence-electron chi connectivity index (χ3n) is 4.46. The van der Waals surface area contributed by atoms with Gasteiger partial charge in [-0.1, -0.05) is 48.5 Å². The largest absolute Gasteiger partial charge is 0.487 e. The van der Waals surface area contributed by atoms with Crippen molar-refractivity contribution in [2.75, 3.05) is 32.7 Å². The molecule has 0 amide bonds. The normalized spacial score (nSPS) is 16.9. The number of para-hydroxylation sites is 1. The molecule has 0 saturated carbocycles. The summed E-state index contributed by atoms with van der Waals surface area (Å²) in [5, 5.41) is 0. The maximum Gasteiger partial charge on any atom is 0.120 e. The fraction of sp³-hybridized carbons (Fsp3) is 0.429. The molecule has 0 unspecified atom stereocenters. The second-order valence-electron chi connectivity index (χ2n) is 7.21. The number of ether oxygens (including phenoxy) is 1. The van der Waals surface area contributed by atoms with Gasteiger partial charge in [0.25, 0.3) is 0 Å². The summed E-state index contributed by atoms with van der Waals surface area (Å²) >= 11 is 0. The SMILES string of the molecule is CC(C)(CN1CCN(Cc2ccccc2)CC1)Oc1ccccc1. The molecule has 2 aromatic carbocycles. The van der Waals surface area contributed by atoms with Gasteiger partial charge in [0, 0.05) is 39.3 Å². The van der Waals surface area contributed by atoms with E-state index in [0.717, 1.165) is 45.0 Å². The minimum absolute atomic E-state index is 0.178. The molecule has 24 heavy (non-hydrogen) atoms. The summed E-state index contributed by atoms with van der Waals surface area (Å²) in [6.07, 6.45) is 0. The Kier molecular flexibility index (Phi) is 5.54. The highest BCUT2D eigenvalue weighted by molar-refractivity contribution is 5.22. The van der Waals surface area contributed by atoms with E-state index in [1.54, 1.807) is 0 Å². The first kappa shape index (κ1) is 17.0. The van der Waals surface area contributed by atoms with E-state index in [2.05, 4.69) is 54.0 Å². The Morgan fingerprint density at radius 2 is 1.33 bits per heavy atom. The molecule has 0 radical (unpaired) electrons. The Hall–Kier alpha value is -1.84. The average Bonchev–Trinajstić information content (AvgIpc) is 2.58. The fourth-order valence-electron chi connectivity index (χ4n) is 3.33. The van der Waals surface area contributed by atoms with E-state index in [0.29, 0.717) is 0 Å². The first-order valence-corrected chi connectivity index (χ1v) is 8.83. The third kappa shape index (κ3) is 5.08. The zero-order chi connectivity index (χ0) is 16.8. The van der Waals surface area contributed by atoms with Crippen LogP contribution in [0.25, 0.3) is 0 Å². The van der Waals surface area contributed by atoms with Crippen LogP contribution in [0.3, 0.4) is 0 Å². The van der Waals surface area contributed by atoms with Gasteiger partial charge in [0.05, 0.1) is 0 Å². The maximum atomic E-state index is 6.17. The molecule has 1 aliphatic rings. The van der Waals surface area contributed by atoms with Crippen LogP contribution in [0, 0.1) is 0 Å². The summed E-state index contributed by atoms with van der Waals surface area (Å²) in [7, 11) is 0. The lowest BCUT2D eigenvalue weighted by atomic mass is 10.1. The second-order valence-corrected chi connectivity index (χ2v) is 7.21. The Bertz CT molecular complexity index is 604. The highest BCUT2D eigenvalue weighted by Crippen LogP contribution is 2.19. The molecular weight excluding hydrogens is 296 g/mol. The molecular formula is C21H28N2O. The van der Waals surface area contributed by atoms with E-state index in [1.807, 2.05) is 30.3 Å². The van der Waals surface area contributed by atoms with Crippen molar-refractivity contribution in [3.63, 3.8) is 0 Å². The average molecular weight is 324 g/mol. The van der Waals surface area contributed by atoms with Crippen LogP contribution in [0.1, 0.15) is 19.4 Å². The maximum absolute atomic E-state index is 6.17. The lowest BCUT2D eigenvalue weighted by Gasteiger charge is -2.39. The van der Waals surface area contributed by atoms with Crippen LogP contribution in [0.15, 0.2) is 60.7 Å². The summed E-state index contributed by atoms with van der Waals surface area (Å²) in [4.78, 5) is 5.06. The Morgan fingerprint density at radius 1 is 0.792 bits per heavy atom. The van der Waals surface area contributed by atoms with Gasteiger partial charge in [0.2, 0.25) is 0 Å². The Labute approximate surface area is 145 Å². The predicted octanol–water partition coefficient (Wildman–Crippen LogP) is 3.66. The minimum atomic E-state index is -0.178. The lowest BCUT2D eigenvalue weighted by molar-refractivity contribution is 0.0344. The van der Waals surface area contributed by atoms with Crippen LogP contribution >= 0.6 is 0 Å². The first-order chi connectivity index (χ1) is 11.6. The predicted molar refractivity (Wildman–Crippen MR) is 99.3 cm³/mol. The summed E-state index contributed by atoms with van der Waals surface area (Å²) < 4.78 is 6.17. The molecule has 0 aromatic heterocycles. The van der Waals surface area contributed by atoms with Crippen LogP contribution in [0.5, 0.6) is 5.75 Å². The molecule has 3 heteroatoms. The van der Waals surface area contributed by atoms with Gasteiger partial charge in [0.1, 0.15) is 11.4 Å². The van der Waals surface area contributed by atoms with Gasteiger partial charge in [-0.15, -0.1) is 0 Å². The number of piperazine rings is 1.